The van der Waals surface area contributed by atoms with Gasteiger partial charge in [-0.05, 0) is 31.6 Å². The highest BCUT2D eigenvalue weighted by Gasteiger charge is 2.43. The molecule has 1 aliphatic carbocycles. The Kier molecular flexibility index (Phi) is 2.39. The van der Waals surface area contributed by atoms with E-state index in [0.29, 0.717) is 12.5 Å². The van der Waals surface area contributed by atoms with Gasteiger partial charge >= 0.3 is 6.03 Å². The van der Waals surface area contributed by atoms with Gasteiger partial charge in [0.2, 0.25) is 0 Å². The Balaban J connectivity index is 1.97. The topological polar surface area (TPSA) is 52.6 Å². The highest BCUT2D eigenvalue weighted by atomic mass is 16.3. The number of hydrogen-bond acceptors (Lipinski definition) is 2. The molecule has 0 bridgehead atoms. The lowest BCUT2D eigenvalue weighted by Crippen LogP contribution is -2.46. The summed E-state index contributed by atoms with van der Waals surface area (Å²) in [5, 5.41) is 12.1. The van der Waals surface area contributed by atoms with Gasteiger partial charge in [0.05, 0.1) is 5.54 Å². The van der Waals surface area contributed by atoms with Gasteiger partial charge in [-0.2, -0.15) is 0 Å². The summed E-state index contributed by atoms with van der Waals surface area (Å²) in [6, 6.07) is 0.0486. The molecule has 14 heavy (non-hydrogen) atoms. The maximum atomic E-state index is 11.4. The minimum atomic E-state index is 0.0114. The molecule has 2 fully saturated rings. The van der Waals surface area contributed by atoms with Gasteiger partial charge in [-0.1, -0.05) is 0 Å². The third-order valence-corrected chi connectivity index (χ3v) is 3.58. The van der Waals surface area contributed by atoms with Crippen LogP contribution in [-0.4, -0.2) is 41.8 Å². The van der Waals surface area contributed by atoms with Crippen LogP contribution >= 0.6 is 0 Å². The number of aliphatic hydroxyl groups excluding tert-OH is 1. The zero-order chi connectivity index (χ0) is 10.2. The van der Waals surface area contributed by atoms with Crippen LogP contribution < -0.4 is 5.32 Å². The quantitative estimate of drug-likeness (QED) is 0.647. The van der Waals surface area contributed by atoms with Crippen LogP contribution in [0.25, 0.3) is 0 Å². The number of carbonyl (C=O) groups is 1. The molecule has 80 valence electrons. The second-order valence-electron chi connectivity index (χ2n) is 4.69. The molecule has 1 aliphatic heterocycles. The van der Waals surface area contributed by atoms with Crippen molar-refractivity contribution in [3.8, 4) is 0 Å². The number of amides is 2. The van der Waals surface area contributed by atoms with Crippen LogP contribution in [0, 0.1) is 5.92 Å². The summed E-state index contributed by atoms with van der Waals surface area (Å²) in [6.07, 6.45) is 4.08. The first-order valence-corrected chi connectivity index (χ1v) is 5.29. The smallest absolute Gasteiger partial charge is 0.317 e. The van der Waals surface area contributed by atoms with Crippen LogP contribution in [0.4, 0.5) is 4.79 Å². The van der Waals surface area contributed by atoms with E-state index in [1.165, 1.54) is 0 Å². The largest absolute Gasteiger partial charge is 0.396 e. The number of hydrogen-bond donors (Lipinski definition) is 2. The van der Waals surface area contributed by atoms with Gasteiger partial charge in [0.25, 0.3) is 0 Å². The minimum absolute atomic E-state index is 0.0114. The summed E-state index contributed by atoms with van der Waals surface area (Å²) in [5.41, 5.74) is 0.0114. The maximum Gasteiger partial charge on any atom is 0.317 e. The van der Waals surface area contributed by atoms with Crippen LogP contribution in [-0.2, 0) is 0 Å². The lowest BCUT2D eigenvalue weighted by molar-refractivity contribution is 0.146. The Morgan fingerprint density at radius 2 is 2.21 bits per heavy atom. The predicted octanol–water partition coefficient (Wildman–Crippen LogP) is 0.563. The van der Waals surface area contributed by atoms with Crippen LogP contribution in [0.3, 0.4) is 0 Å². The molecule has 1 saturated carbocycles. The summed E-state index contributed by atoms with van der Waals surface area (Å²) >= 11 is 0. The van der Waals surface area contributed by atoms with E-state index in [0.717, 1.165) is 32.2 Å². The Labute approximate surface area is 84.3 Å². The van der Waals surface area contributed by atoms with Gasteiger partial charge in [0, 0.05) is 20.2 Å². The molecule has 1 saturated heterocycles. The molecule has 1 spiro atoms. The Bertz CT molecular complexity index is 234. The van der Waals surface area contributed by atoms with Crippen molar-refractivity contribution in [3.63, 3.8) is 0 Å². The van der Waals surface area contributed by atoms with Crippen molar-refractivity contribution >= 4 is 6.03 Å². The molecular weight excluding hydrogens is 180 g/mol. The van der Waals surface area contributed by atoms with Gasteiger partial charge in [-0.3, -0.25) is 0 Å². The van der Waals surface area contributed by atoms with E-state index >= 15 is 0 Å². The van der Waals surface area contributed by atoms with E-state index in [1.807, 2.05) is 7.05 Å². The number of aliphatic hydroxyl groups is 1. The van der Waals surface area contributed by atoms with Crippen molar-refractivity contribution in [1.29, 1.82) is 0 Å². The zero-order valence-electron chi connectivity index (χ0n) is 8.62. The van der Waals surface area contributed by atoms with E-state index < -0.39 is 0 Å². The lowest BCUT2D eigenvalue weighted by atomic mass is 9.77. The van der Waals surface area contributed by atoms with E-state index in [1.54, 1.807) is 4.90 Å². The van der Waals surface area contributed by atoms with Gasteiger partial charge in [0.1, 0.15) is 0 Å². The lowest BCUT2D eigenvalue weighted by Gasteiger charge is -2.35. The highest BCUT2D eigenvalue weighted by molar-refractivity contribution is 5.77. The van der Waals surface area contributed by atoms with Gasteiger partial charge in [0.15, 0.2) is 0 Å². The minimum Gasteiger partial charge on any atom is -0.396 e. The maximum absolute atomic E-state index is 11.4. The zero-order valence-corrected chi connectivity index (χ0v) is 8.62. The summed E-state index contributed by atoms with van der Waals surface area (Å²) in [5.74, 6) is 0.448. The van der Waals surface area contributed by atoms with Gasteiger partial charge < -0.3 is 15.3 Å². The number of urea groups is 1. The Morgan fingerprint density at radius 1 is 1.57 bits per heavy atom. The Morgan fingerprint density at radius 3 is 2.64 bits per heavy atom. The van der Waals surface area contributed by atoms with E-state index in [2.05, 4.69) is 5.32 Å². The molecule has 0 radical (unpaired) electrons. The molecule has 2 aliphatic rings. The molecule has 2 amide bonds. The Hall–Kier alpha value is -0.770. The van der Waals surface area contributed by atoms with Crippen molar-refractivity contribution in [2.45, 2.75) is 31.2 Å². The molecule has 4 heteroatoms. The fourth-order valence-electron chi connectivity index (χ4n) is 2.58. The standard InChI is InChI=1S/C10H18N2O2/c1-12-7-10(11-9(12)14)4-2-8(6-13)3-5-10/h8,13H,2-7H2,1H3,(H,11,14). The first-order chi connectivity index (χ1) is 6.65. The number of nitrogens with one attached hydrogen (secondary N) is 1. The van der Waals surface area contributed by atoms with Crippen molar-refractivity contribution in [2.75, 3.05) is 20.2 Å². The summed E-state index contributed by atoms with van der Waals surface area (Å²) in [6.45, 7) is 1.11. The molecule has 2 rings (SSSR count). The molecule has 0 aromatic carbocycles. The molecule has 0 aromatic rings. The summed E-state index contributed by atoms with van der Waals surface area (Å²) in [7, 11) is 1.84. The van der Waals surface area contributed by atoms with Gasteiger partial charge in [-0.25, -0.2) is 4.79 Å². The molecular formula is C10H18N2O2. The van der Waals surface area contributed by atoms with Crippen LogP contribution in [0.15, 0.2) is 0 Å². The first kappa shape index (κ1) is 9.77. The third kappa shape index (κ3) is 1.59. The van der Waals surface area contributed by atoms with E-state index in [-0.39, 0.29) is 11.6 Å². The molecule has 2 N–H and O–H groups in total. The summed E-state index contributed by atoms with van der Waals surface area (Å²) in [4.78, 5) is 13.1. The predicted molar refractivity (Wildman–Crippen MR) is 52.9 cm³/mol. The van der Waals surface area contributed by atoms with E-state index in [4.69, 9.17) is 5.11 Å². The first-order valence-electron chi connectivity index (χ1n) is 5.29. The SMILES string of the molecule is CN1CC2(CCC(CO)CC2)NC1=O. The normalized spacial score (nSPS) is 37.7. The third-order valence-electron chi connectivity index (χ3n) is 3.58. The van der Waals surface area contributed by atoms with E-state index in [9.17, 15) is 4.79 Å². The van der Waals surface area contributed by atoms with Gasteiger partial charge in [-0.15, -0.1) is 0 Å². The van der Waals surface area contributed by atoms with Crippen LogP contribution in [0.1, 0.15) is 25.7 Å². The second kappa shape index (κ2) is 3.42. The average Bonchev–Trinajstić information content (AvgIpc) is 2.44. The molecule has 0 aromatic heterocycles. The second-order valence-corrected chi connectivity index (χ2v) is 4.69. The number of nitrogens with zero attached hydrogens (tertiary/aromatic N) is 1. The fraction of sp³-hybridized carbons (Fsp3) is 0.900. The number of likely N-dealkylation sites (N-methyl/N-ethyl adjacent to an activating group) is 1. The monoisotopic (exact) mass is 198 g/mol. The molecule has 0 atom stereocenters. The fourth-order valence-corrected chi connectivity index (χ4v) is 2.58. The van der Waals surface area contributed by atoms with Crippen molar-refractivity contribution in [2.24, 2.45) is 5.92 Å². The molecule has 0 unspecified atom stereocenters. The van der Waals surface area contributed by atoms with Crippen LogP contribution in [0.2, 0.25) is 0 Å². The summed E-state index contributed by atoms with van der Waals surface area (Å²) < 4.78 is 0. The number of carbonyl (C=O) groups excluding carboxylic acids is 1. The molecule has 4 nitrogen and oxygen atoms in total. The number of rotatable bonds is 1. The van der Waals surface area contributed by atoms with Crippen molar-refractivity contribution in [1.82, 2.24) is 10.2 Å². The average molecular weight is 198 g/mol. The van der Waals surface area contributed by atoms with Crippen molar-refractivity contribution in [3.05, 3.63) is 0 Å². The van der Waals surface area contributed by atoms with Crippen LogP contribution in [0.5, 0.6) is 0 Å². The van der Waals surface area contributed by atoms with Crippen molar-refractivity contribution < 1.29 is 9.90 Å². The highest BCUT2D eigenvalue weighted by Crippen LogP contribution is 2.34. The molecule has 1 heterocycles.